The highest BCUT2D eigenvalue weighted by Gasteiger charge is 2.18. The normalized spacial score (nSPS) is 11.1. The van der Waals surface area contributed by atoms with Gasteiger partial charge >= 0.3 is 11.9 Å². The Hall–Kier alpha value is -1.06. The maximum absolute atomic E-state index is 12.2. The Morgan fingerprint density at radius 2 is 0.806 bits per heavy atom. The molecule has 184 valence electrons. The number of carbonyl (C=O) groups excluding carboxylic acids is 2. The lowest BCUT2D eigenvalue weighted by Crippen LogP contribution is -2.24. The minimum absolute atomic E-state index is 0.230. The van der Waals surface area contributed by atoms with Gasteiger partial charge in [0, 0.05) is 19.3 Å². The summed E-state index contributed by atoms with van der Waals surface area (Å²) in [4.78, 5) is 24.3. The van der Waals surface area contributed by atoms with Crippen molar-refractivity contribution in [1.29, 1.82) is 0 Å². The van der Waals surface area contributed by atoms with E-state index in [2.05, 4.69) is 20.8 Å². The van der Waals surface area contributed by atoms with Crippen LogP contribution in [0.3, 0.4) is 0 Å². The molecular weight excluding hydrogens is 388 g/mol. The molecule has 4 heteroatoms. The molecule has 0 N–H and O–H groups in total. The fourth-order valence-corrected chi connectivity index (χ4v) is 3.73. The van der Waals surface area contributed by atoms with Crippen molar-refractivity contribution in [3.8, 4) is 0 Å². The van der Waals surface area contributed by atoms with Gasteiger partial charge in [-0.15, -0.1) is 0 Å². The Morgan fingerprint density at radius 1 is 0.484 bits per heavy atom. The lowest BCUT2D eigenvalue weighted by atomic mass is 10.1. The van der Waals surface area contributed by atoms with Crippen molar-refractivity contribution < 1.29 is 19.1 Å². The zero-order chi connectivity index (χ0) is 23.0. The highest BCUT2D eigenvalue weighted by atomic mass is 16.7. The average molecular weight is 441 g/mol. The summed E-state index contributed by atoms with van der Waals surface area (Å²) in [5.41, 5.74) is 0. The molecule has 0 aliphatic heterocycles. The van der Waals surface area contributed by atoms with Gasteiger partial charge < -0.3 is 9.47 Å². The first-order valence-electron chi connectivity index (χ1n) is 13.5. The van der Waals surface area contributed by atoms with Crippen LogP contribution in [0.15, 0.2) is 0 Å². The van der Waals surface area contributed by atoms with Crippen molar-refractivity contribution in [1.82, 2.24) is 0 Å². The molecule has 0 spiro atoms. The SMILES string of the molecule is CCCCCCCCCCC(=O)OC(CCCC)OC(=O)CCCCCCCCCC. The van der Waals surface area contributed by atoms with Gasteiger partial charge in [0.05, 0.1) is 0 Å². The van der Waals surface area contributed by atoms with E-state index in [4.69, 9.17) is 9.47 Å². The predicted molar refractivity (Wildman–Crippen MR) is 130 cm³/mol. The number of hydrogen-bond acceptors (Lipinski definition) is 4. The molecule has 0 radical (unpaired) electrons. The van der Waals surface area contributed by atoms with Gasteiger partial charge in [-0.05, 0) is 19.3 Å². The van der Waals surface area contributed by atoms with Crippen molar-refractivity contribution in [2.45, 2.75) is 162 Å². The van der Waals surface area contributed by atoms with E-state index in [0.29, 0.717) is 19.3 Å². The van der Waals surface area contributed by atoms with E-state index in [-0.39, 0.29) is 11.9 Å². The van der Waals surface area contributed by atoms with E-state index in [0.717, 1.165) is 38.5 Å². The number of rotatable bonds is 23. The molecule has 0 aromatic rings. The topological polar surface area (TPSA) is 52.6 Å². The van der Waals surface area contributed by atoms with E-state index in [1.807, 2.05) is 0 Å². The summed E-state index contributed by atoms with van der Waals surface area (Å²) in [7, 11) is 0. The van der Waals surface area contributed by atoms with Crippen LogP contribution < -0.4 is 0 Å². The Bertz CT molecular complexity index is 374. The Morgan fingerprint density at radius 3 is 1.16 bits per heavy atom. The fraction of sp³-hybridized carbons (Fsp3) is 0.926. The zero-order valence-corrected chi connectivity index (χ0v) is 21.1. The highest BCUT2D eigenvalue weighted by Crippen LogP contribution is 2.14. The summed E-state index contributed by atoms with van der Waals surface area (Å²) >= 11 is 0. The van der Waals surface area contributed by atoms with E-state index in [1.165, 1.54) is 77.0 Å². The summed E-state index contributed by atoms with van der Waals surface area (Å²) in [6, 6.07) is 0. The van der Waals surface area contributed by atoms with Gasteiger partial charge in [-0.1, -0.05) is 117 Å². The molecule has 31 heavy (non-hydrogen) atoms. The van der Waals surface area contributed by atoms with Gasteiger partial charge in [-0.25, -0.2) is 0 Å². The van der Waals surface area contributed by atoms with Crippen molar-refractivity contribution in [2.24, 2.45) is 0 Å². The number of unbranched alkanes of at least 4 members (excludes halogenated alkanes) is 15. The van der Waals surface area contributed by atoms with Crippen LogP contribution in [-0.4, -0.2) is 18.2 Å². The maximum Gasteiger partial charge on any atom is 0.308 e. The Labute approximate surface area is 193 Å². The van der Waals surface area contributed by atoms with Crippen LogP contribution in [0.1, 0.15) is 156 Å². The van der Waals surface area contributed by atoms with Gasteiger partial charge in [0.1, 0.15) is 0 Å². The molecule has 0 aliphatic rings. The molecule has 0 bridgehead atoms. The van der Waals surface area contributed by atoms with Crippen molar-refractivity contribution >= 4 is 11.9 Å². The van der Waals surface area contributed by atoms with Crippen molar-refractivity contribution in [2.75, 3.05) is 0 Å². The third-order valence-corrected chi connectivity index (χ3v) is 5.79. The van der Waals surface area contributed by atoms with Crippen LogP contribution >= 0.6 is 0 Å². The second-order valence-electron chi connectivity index (χ2n) is 9.00. The molecular formula is C27H52O4. The van der Waals surface area contributed by atoms with Crippen LogP contribution in [0, 0.1) is 0 Å². The van der Waals surface area contributed by atoms with E-state index in [1.54, 1.807) is 0 Å². The minimum atomic E-state index is -0.706. The van der Waals surface area contributed by atoms with Crippen LogP contribution in [-0.2, 0) is 19.1 Å². The van der Waals surface area contributed by atoms with E-state index in [9.17, 15) is 9.59 Å². The summed E-state index contributed by atoms with van der Waals surface area (Å²) in [5.74, 6) is -0.459. The second kappa shape index (κ2) is 23.6. The third-order valence-electron chi connectivity index (χ3n) is 5.79. The summed E-state index contributed by atoms with van der Waals surface area (Å²) in [6.07, 6.45) is 21.8. The molecule has 0 aromatic heterocycles. The Kier molecular flexibility index (Phi) is 22.8. The van der Waals surface area contributed by atoms with Crippen molar-refractivity contribution in [3.05, 3.63) is 0 Å². The number of ether oxygens (including phenoxy) is 2. The standard InChI is InChI=1S/C27H52O4/c1-4-7-10-12-14-16-18-20-22-25(28)30-27(24-9-6-3)31-26(29)23-21-19-17-15-13-11-8-5-2/h27H,4-24H2,1-3H3. The van der Waals surface area contributed by atoms with E-state index < -0.39 is 6.29 Å². The number of esters is 2. The predicted octanol–water partition coefficient (Wildman–Crippen LogP) is 8.65. The van der Waals surface area contributed by atoms with Gasteiger partial charge in [0.2, 0.25) is 6.29 Å². The van der Waals surface area contributed by atoms with Crippen LogP contribution in [0.5, 0.6) is 0 Å². The van der Waals surface area contributed by atoms with Gasteiger partial charge in [0.25, 0.3) is 0 Å². The molecule has 0 unspecified atom stereocenters. The molecule has 0 saturated heterocycles. The molecule has 0 atom stereocenters. The van der Waals surface area contributed by atoms with Crippen LogP contribution in [0.2, 0.25) is 0 Å². The van der Waals surface area contributed by atoms with Gasteiger partial charge in [0.15, 0.2) is 0 Å². The molecule has 0 saturated carbocycles. The first-order valence-corrected chi connectivity index (χ1v) is 13.5. The first-order chi connectivity index (χ1) is 15.1. The maximum atomic E-state index is 12.2. The largest absolute Gasteiger partial charge is 0.425 e. The molecule has 4 nitrogen and oxygen atoms in total. The molecule has 0 heterocycles. The second-order valence-corrected chi connectivity index (χ2v) is 9.00. The molecule has 0 aromatic carbocycles. The Balaban J connectivity index is 3.91. The molecule has 0 amide bonds. The highest BCUT2D eigenvalue weighted by molar-refractivity contribution is 5.71. The molecule has 0 fully saturated rings. The van der Waals surface area contributed by atoms with Crippen molar-refractivity contribution in [3.63, 3.8) is 0 Å². The number of hydrogen-bond donors (Lipinski definition) is 0. The fourth-order valence-electron chi connectivity index (χ4n) is 3.73. The lowest BCUT2D eigenvalue weighted by molar-refractivity contribution is -0.189. The third kappa shape index (κ3) is 21.9. The number of carbonyl (C=O) groups is 2. The molecule has 0 rings (SSSR count). The quantitative estimate of drug-likeness (QED) is 0.0906. The lowest BCUT2D eigenvalue weighted by Gasteiger charge is -2.18. The molecule has 0 aliphatic carbocycles. The summed E-state index contributed by atoms with van der Waals surface area (Å²) in [6.45, 7) is 6.54. The summed E-state index contributed by atoms with van der Waals surface area (Å²) < 4.78 is 11.0. The van der Waals surface area contributed by atoms with Crippen LogP contribution in [0.4, 0.5) is 0 Å². The first kappa shape index (κ1) is 29.9. The summed E-state index contributed by atoms with van der Waals surface area (Å²) in [5, 5.41) is 0. The van der Waals surface area contributed by atoms with Gasteiger partial charge in [-0.2, -0.15) is 0 Å². The average Bonchev–Trinajstić information content (AvgIpc) is 2.75. The van der Waals surface area contributed by atoms with E-state index >= 15 is 0 Å². The van der Waals surface area contributed by atoms with Crippen LogP contribution in [0.25, 0.3) is 0 Å². The minimum Gasteiger partial charge on any atom is -0.425 e. The smallest absolute Gasteiger partial charge is 0.308 e. The zero-order valence-electron chi connectivity index (χ0n) is 21.1. The monoisotopic (exact) mass is 440 g/mol. The van der Waals surface area contributed by atoms with Gasteiger partial charge in [-0.3, -0.25) is 9.59 Å².